The Morgan fingerprint density at radius 2 is 1.19 bits per heavy atom. The van der Waals surface area contributed by atoms with Crippen molar-refractivity contribution in [1.29, 1.82) is 0 Å². The molecule has 0 aliphatic heterocycles. The van der Waals surface area contributed by atoms with Crippen LogP contribution in [0.4, 0.5) is 0 Å². The second-order valence-corrected chi connectivity index (χ2v) is 12.1. The first-order valence-corrected chi connectivity index (χ1v) is 14.0. The van der Waals surface area contributed by atoms with Gasteiger partial charge in [0.2, 0.25) is 0 Å². The third-order valence-corrected chi connectivity index (χ3v) is 8.91. The normalized spacial score (nSPS) is 19.0. The van der Waals surface area contributed by atoms with Crippen LogP contribution in [-0.4, -0.2) is 47.3 Å². The molecule has 2 heterocycles. The van der Waals surface area contributed by atoms with Crippen molar-refractivity contribution in [2.45, 2.75) is 39.5 Å². The summed E-state index contributed by atoms with van der Waals surface area (Å²) in [7, 11) is -8.88. The van der Waals surface area contributed by atoms with E-state index in [4.69, 9.17) is 0 Å². The van der Waals surface area contributed by atoms with E-state index in [0.29, 0.717) is 34.0 Å². The molecule has 0 radical (unpaired) electrons. The zero-order valence-electron chi connectivity index (χ0n) is 16.9. The average Bonchev–Trinajstić information content (AvgIpc) is 3.33. The Labute approximate surface area is 192 Å². The smallest absolute Gasteiger partial charge is 0.282 e. The number of rotatable bonds is 5. The Hall–Kier alpha value is -2.10. The Kier molecular flexibility index (Phi) is 6.02. The van der Waals surface area contributed by atoms with Gasteiger partial charge in [0, 0.05) is 12.8 Å². The van der Waals surface area contributed by atoms with Crippen molar-refractivity contribution in [2.24, 2.45) is 10.2 Å². The maximum Gasteiger partial charge on any atom is 0.291 e. The first-order chi connectivity index (χ1) is 15.0. The highest BCUT2D eigenvalue weighted by Crippen LogP contribution is 2.33. The van der Waals surface area contributed by atoms with Gasteiger partial charge in [-0.3, -0.25) is 9.11 Å². The number of aryl methyl sites for hydroxylation is 2. The molecule has 0 spiro atoms. The summed E-state index contributed by atoms with van der Waals surface area (Å²) in [6.07, 6.45) is 3.61. The van der Waals surface area contributed by atoms with Gasteiger partial charge in [-0.25, -0.2) is 9.97 Å². The molecular weight excluding hydrogens is 496 g/mol. The maximum absolute atomic E-state index is 11.7. The summed E-state index contributed by atoms with van der Waals surface area (Å²) in [6.45, 7) is 3.82. The molecule has 4 rings (SSSR count). The van der Waals surface area contributed by atoms with Crippen LogP contribution in [0.15, 0.2) is 20.0 Å². The monoisotopic (exact) mass is 514 g/mol. The lowest BCUT2D eigenvalue weighted by atomic mass is 10.1. The zero-order valence-corrected chi connectivity index (χ0v) is 20.2. The maximum atomic E-state index is 11.7. The lowest BCUT2D eigenvalue weighted by molar-refractivity contribution is 0.488. The molecule has 14 heteroatoms. The summed E-state index contributed by atoms with van der Waals surface area (Å²) >= 11 is 2.59. The van der Waals surface area contributed by atoms with Crippen molar-refractivity contribution in [1.82, 2.24) is 9.97 Å². The average molecular weight is 515 g/mol. The quantitative estimate of drug-likeness (QED) is 0.454. The molecule has 0 bridgehead atoms. The molecule has 32 heavy (non-hydrogen) atoms. The molecule has 2 aliphatic rings. The molecule has 0 amide bonds. The Bertz CT molecular complexity index is 1330. The van der Waals surface area contributed by atoms with E-state index in [1.165, 1.54) is 34.8 Å². The molecule has 2 aromatic heterocycles. The first kappa shape index (κ1) is 23.1. The fraction of sp³-hybridized carbons (Fsp3) is 0.333. The van der Waals surface area contributed by atoms with Crippen molar-refractivity contribution >= 4 is 66.5 Å². The summed E-state index contributed by atoms with van der Waals surface area (Å²) < 4.78 is 66.1. The van der Waals surface area contributed by atoms with Crippen LogP contribution < -0.4 is 0 Å². The van der Waals surface area contributed by atoms with Gasteiger partial charge in [-0.2, -0.15) is 27.0 Å². The van der Waals surface area contributed by atoms with Gasteiger partial charge < -0.3 is 0 Å². The molecule has 0 fully saturated rings. The predicted molar refractivity (Wildman–Crippen MR) is 124 cm³/mol. The number of hydrogen-bond acceptors (Lipinski definition) is 10. The zero-order chi connectivity index (χ0) is 23.3. The Morgan fingerprint density at radius 1 is 0.812 bits per heavy atom. The highest BCUT2D eigenvalue weighted by molar-refractivity contribution is 7.90. The molecule has 0 saturated carbocycles. The molecule has 2 aliphatic carbocycles. The molecule has 170 valence electrons. The summed E-state index contributed by atoms with van der Waals surface area (Å²) in [5.74, 6) is 0. The fourth-order valence-electron chi connectivity index (χ4n) is 3.18. The molecule has 10 nitrogen and oxygen atoms in total. The second kappa shape index (κ2) is 8.35. The van der Waals surface area contributed by atoms with Crippen molar-refractivity contribution < 1.29 is 25.9 Å². The molecule has 2 N–H and O–H groups in total. The molecular formula is C18H18N4O6S4. The van der Waals surface area contributed by atoms with Gasteiger partial charge in [-0.1, -0.05) is 13.8 Å². The number of fused-ring (bicyclic) bond motifs is 2. The van der Waals surface area contributed by atoms with Crippen LogP contribution in [0.3, 0.4) is 0 Å². The number of hydrogen-bond donors (Lipinski definition) is 2. The topological polar surface area (TPSA) is 159 Å². The number of nitrogens with zero attached hydrogens (tertiary/aromatic N) is 4. The van der Waals surface area contributed by atoms with Crippen LogP contribution >= 0.6 is 22.7 Å². The largest absolute Gasteiger partial charge is 0.291 e. The number of aromatic nitrogens is 2. The van der Waals surface area contributed by atoms with Crippen LogP contribution in [0.2, 0.25) is 0 Å². The van der Waals surface area contributed by atoms with Gasteiger partial charge in [0.25, 0.3) is 20.2 Å². The molecule has 0 aromatic carbocycles. The predicted octanol–water partition coefficient (Wildman–Crippen LogP) is 3.18. The van der Waals surface area contributed by atoms with E-state index in [9.17, 15) is 25.9 Å². The fourth-order valence-corrected chi connectivity index (χ4v) is 6.49. The summed E-state index contributed by atoms with van der Waals surface area (Å²) in [5.41, 5.74) is 1.40. The van der Waals surface area contributed by atoms with E-state index in [2.05, 4.69) is 20.2 Å². The second-order valence-electron chi connectivity index (χ2n) is 6.97. The third-order valence-electron chi connectivity index (χ3n) is 4.77. The van der Waals surface area contributed by atoms with Crippen molar-refractivity contribution in [3.63, 3.8) is 0 Å². The highest BCUT2D eigenvalue weighted by atomic mass is 32.2. The van der Waals surface area contributed by atoms with E-state index in [1.54, 1.807) is 0 Å². The third kappa shape index (κ3) is 4.51. The lowest BCUT2D eigenvalue weighted by Gasteiger charge is -2.13. The van der Waals surface area contributed by atoms with Crippen molar-refractivity contribution in [2.75, 3.05) is 0 Å². The minimum absolute atomic E-state index is 0.208. The van der Waals surface area contributed by atoms with Crippen molar-refractivity contribution in [3.05, 3.63) is 41.0 Å². The Morgan fingerprint density at radius 3 is 1.50 bits per heavy atom. The number of allylic oxidation sites excluding steroid dienone is 2. The van der Waals surface area contributed by atoms with E-state index in [1.807, 2.05) is 13.8 Å². The summed E-state index contributed by atoms with van der Waals surface area (Å²) in [6, 6.07) is 0. The van der Waals surface area contributed by atoms with Crippen LogP contribution in [-0.2, 0) is 33.1 Å². The van der Waals surface area contributed by atoms with Gasteiger partial charge >= 0.3 is 0 Å². The number of thiazole rings is 2. The van der Waals surface area contributed by atoms with Gasteiger partial charge in [0.05, 0.1) is 41.0 Å². The standard InChI is InChI=1S/C18H18N4O6S4/c1-3-15-19-17-11(5-9(31(23,24)25)7-13(17)29-15)21-22-12-6-10(32(26,27)28)8-14-18(12)20-16(4-2)30-14/h7-8H,3-6H2,1-2H3,(H,23,24,25)(H,26,27,28). The molecule has 0 atom stereocenters. The molecule has 2 aromatic rings. The first-order valence-electron chi connectivity index (χ1n) is 9.49. The Balaban J connectivity index is 1.83. The van der Waals surface area contributed by atoms with Gasteiger partial charge in [0.15, 0.2) is 0 Å². The summed E-state index contributed by atoms with van der Waals surface area (Å²) in [4.78, 5) is 9.61. The van der Waals surface area contributed by atoms with Gasteiger partial charge in [-0.05, 0) is 25.0 Å². The SMILES string of the molecule is CCc1nc2c(s1)C=C(S(=O)(=O)O)CC2=NN=C1CC(S(=O)(=O)O)=Cc2sc(CC)nc21. The summed E-state index contributed by atoms with van der Waals surface area (Å²) in [5, 5.41) is 9.95. The van der Waals surface area contributed by atoms with E-state index >= 15 is 0 Å². The van der Waals surface area contributed by atoms with Crippen LogP contribution in [0.25, 0.3) is 12.2 Å². The molecule has 0 saturated heterocycles. The van der Waals surface area contributed by atoms with Crippen LogP contribution in [0.1, 0.15) is 57.8 Å². The van der Waals surface area contributed by atoms with E-state index < -0.39 is 20.2 Å². The highest BCUT2D eigenvalue weighted by Gasteiger charge is 2.29. The minimum Gasteiger partial charge on any atom is -0.282 e. The minimum atomic E-state index is -4.44. The lowest BCUT2D eigenvalue weighted by Crippen LogP contribution is -2.16. The van der Waals surface area contributed by atoms with Gasteiger partial charge in [-0.15, -0.1) is 22.7 Å². The van der Waals surface area contributed by atoms with Crippen LogP contribution in [0, 0.1) is 0 Å². The molecule has 0 unspecified atom stereocenters. The van der Waals surface area contributed by atoms with E-state index in [0.717, 1.165) is 10.0 Å². The van der Waals surface area contributed by atoms with Crippen molar-refractivity contribution in [3.8, 4) is 0 Å². The van der Waals surface area contributed by atoms with Crippen LogP contribution in [0.5, 0.6) is 0 Å². The van der Waals surface area contributed by atoms with E-state index in [-0.39, 0.29) is 34.1 Å². The van der Waals surface area contributed by atoms with Gasteiger partial charge in [0.1, 0.15) is 11.4 Å².